The molecule has 1 aromatic carbocycles. The van der Waals surface area contributed by atoms with Gasteiger partial charge in [-0.05, 0) is 63.7 Å². The molecule has 0 aromatic heterocycles. The number of hydrogen-bond acceptors (Lipinski definition) is 5. The number of nitrogens with zero attached hydrogens (tertiary/aromatic N) is 2. The van der Waals surface area contributed by atoms with Gasteiger partial charge in [0.15, 0.2) is 11.5 Å². The minimum Gasteiger partial charge on any atom is -0.493 e. The maximum absolute atomic E-state index is 13.4. The van der Waals surface area contributed by atoms with Crippen LogP contribution in [0.4, 0.5) is 0 Å². The van der Waals surface area contributed by atoms with Crippen LogP contribution in [0.5, 0.6) is 17.2 Å². The van der Waals surface area contributed by atoms with Crippen molar-refractivity contribution in [2.45, 2.75) is 57.4 Å². The molecule has 0 bridgehead atoms. The Balaban J connectivity index is 0.00000320. The molecule has 6 nitrogen and oxygen atoms in total. The standard InChI is InChI=1S/C23H36N2O4.ClH/c1-27-20-16-18(17-21(28-2)22(20)29-3)23(26)25-14-9-6-10-19(25)11-15-24-12-7-4-5-8-13-24;/h16-17,19H,4-15H2,1-3H3;1H. The molecule has 2 fully saturated rings. The second-order valence-electron chi connectivity index (χ2n) is 8.11. The minimum atomic E-state index is 0. The molecule has 1 aromatic rings. The number of ether oxygens (including phenoxy) is 3. The number of rotatable bonds is 7. The topological polar surface area (TPSA) is 51.2 Å². The molecular formula is C23H37ClN2O4. The first-order valence-corrected chi connectivity index (χ1v) is 11.0. The van der Waals surface area contributed by atoms with E-state index in [1.54, 1.807) is 33.5 Å². The van der Waals surface area contributed by atoms with Gasteiger partial charge in [-0.2, -0.15) is 0 Å². The third-order valence-electron chi connectivity index (χ3n) is 6.28. The van der Waals surface area contributed by atoms with Gasteiger partial charge in [0.05, 0.1) is 21.3 Å². The highest BCUT2D eigenvalue weighted by Gasteiger charge is 2.29. The Morgan fingerprint density at radius 1 is 0.900 bits per heavy atom. The fraction of sp³-hybridized carbons (Fsp3) is 0.696. The van der Waals surface area contributed by atoms with Crippen molar-refractivity contribution in [3.8, 4) is 17.2 Å². The molecule has 0 spiro atoms. The summed E-state index contributed by atoms with van der Waals surface area (Å²) in [6.45, 7) is 4.31. The smallest absolute Gasteiger partial charge is 0.254 e. The van der Waals surface area contributed by atoms with Crippen LogP contribution < -0.4 is 14.2 Å². The molecule has 7 heteroatoms. The average Bonchev–Trinajstić information content (AvgIpc) is 3.05. The molecule has 0 aliphatic carbocycles. The Bertz CT molecular complexity index is 652. The quantitative estimate of drug-likeness (QED) is 0.629. The van der Waals surface area contributed by atoms with Crippen LogP contribution in [0.3, 0.4) is 0 Å². The molecule has 0 radical (unpaired) electrons. The fourth-order valence-electron chi connectivity index (χ4n) is 4.63. The molecule has 2 heterocycles. The van der Waals surface area contributed by atoms with Crippen LogP contribution >= 0.6 is 12.4 Å². The first-order chi connectivity index (χ1) is 14.2. The van der Waals surface area contributed by atoms with Gasteiger partial charge in [0.2, 0.25) is 5.75 Å². The van der Waals surface area contributed by atoms with Gasteiger partial charge >= 0.3 is 0 Å². The zero-order valence-electron chi connectivity index (χ0n) is 18.7. The van der Waals surface area contributed by atoms with Crippen molar-refractivity contribution in [2.24, 2.45) is 0 Å². The third-order valence-corrected chi connectivity index (χ3v) is 6.28. The summed E-state index contributed by atoms with van der Waals surface area (Å²) in [4.78, 5) is 18.1. The lowest BCUT2D eigenvalue weighted by molar-refractivity contribution is 0.0583. The first-order valence-electron chi connectivity index (χ1n) is 11.0. The third kappa shape index (κ3) is 5.94. The van der Waals surface area contributed by atoms with E-state index in [1.807, 2.05) is 0 Å². The molecule has 170 valence electrons. The van der Waals surface area contributed by atoms with Crippen molar-refractivity contribution in [3.63, 3.8) is 0 Å². The Kier molecular flexibility index (Phi) is 10.1. The first kappa shape index (κ1) is 24.6. The average molecular weight is 441 g/mol. The van der Waals surface area contributed by atoms with Crippen molar-refractivity contribution in [3.05, 3.63) is 17.7 Å². The largest absolute Gasteiger partial charge is 0.493 e. The SMILES string of the molecule is COc1cc(C(=O)N2CCCCC2CCN2CCCCCC2)cc(OC)c1OC.Cl. The molecule has 2 aliphatic rings. The molecular weight excluding hydrogens is 404 g/mol. The van der Waals surface area contributed by atoms with Gasteiger partial charge in [-0.3, -0.25) is 4.79 Å². The lowest BCUT2D eigenvalue weighted by Gasteiger charge is -2.37. The highest BCUT2D eigenvalue weighted by Crippen LogP contribution is 2.39. The monoisotopic (exact) mass is 440 g/mol. The van der Waals surface area contributed by atoms with Gasteiger partial charge < -0.3 is 24.0 Å². The Morgan fingerprint density at radius 2 is 1.50 bits per heavy atom. The zero-order valence-corrected chi connectivity index (χ0v) is 19.5. The summed E-state index contributed by atoms with van der Waals surface area (Å²) in [5.41, 5.74) is 0.598. The highest BCUT2D eigenvalue weighted by molar-refractivity contribution is 5.96. The van der Waals surface area contributed by atoms with E-state index in [1.165, 1.54) is 45.2 Å². The van der Waals surface area contributed by atoms with Gasteiger partial charge in [0, 0.05) is 24.7 Å². The van der Waals surface area contributed by atoms with Crippen LogP contribution in [0.15, 0.2) is 12.1 Å². The summed E-state index contributed by atoms with van der Waals surface area (Å²) in [6.07, 6.45) is 9.72. The second-order valence-corrected chi connectivity index (χ2v) is 8.11. The van der Waals surface area contributed by atoms with Crippen molar-refractivity contribution in [1.29, 1.82) is 0 Å². The zero-order chi connectivity index (χ0) is 20.6. The predicted molar refractivity (Wildman–Crippen MR) is 122 cm³/mol. The lowest BCUT2D eigenvalue weighted by atomic mass is 9.97. The minimum absolute atomic E-state index is 0. The van der Waals surface area contributed by atoms with E-state index in [9.17, 15) is 4.79 Å². The molecule has 3 rings (SSSR count). The molecule has 2 saturated heterocycles. The van der Waals surface area contributed by atoms with Crippen LogP contribution in [0.2, 0.25) is 0 Å². The Hall–Kier alpha value is -1.66. The summed E-state index contributed by atoms with van der Waals surface area (Å²) in [6, 6.07) is 3.84. The second kappa shape index (κ2) is 12.3. The van der Waals surface area contributed by atoms with E-state index < -0.39 is 0 Å². The molecule has 30 heavy (non-hydrogen) atoms. The molecule has 1 amide bonds. The number of carbonyl (C=O) groups is 1. The van der Waals surface area contributed by atoms with Gasteiger partial charge in [-0.1, -0.05) is 12.8 Å². The number of hydrogen-bond donors (Lipinski definition) is 0. The Morgan fingerprint density at radius 3 is 2.07 bits per heavy atom. The molecule has 1 unspecified atom stereocenters. The van der Waals surface area contributed by atoms with E-state index in [0.29, 0.717) is 28.9 Å². The maximum atomic E-state index is 13.4. The normalized spacial score (nSPS) is 20.1. The van der Waals surface area contributed by atoms with Crippen LogP contribution in [0.1, 0.15) is 61.7 Å². The lowest BCUT2D eigenvalue weighted by Crippen LogP contribution is -2.45. The fourth-order valence-corrected chi connectivity index (χ4v) is 4.63. The van der Waals surface area contributed by atoms with Crippen molar-refractivity contribution < 1.29 is 19.0 Å². The van der Waals surface area contributed by atoms with Crippen LogP contribution in [-0.2, 0) is 0 Å². The summed E-state index contributed by atoms with van der Waals surface area (Å²) in [7, 11) is 4.73. The predicted octanol–water partition coefficient (Wildman–Crippen LogP) is 4.40. The highest BCUT2D eigenvalue weighted by atomic mass is 35.5. The number of piperidine rings is 1. The molecule has 1 atom stereocenters. The van der Waals surface area contributed by atoms with E-state index in [2.05, 4.69) is 9.80 Å². The van der Waals surface area contributed by atoms with Crippen molar-refractivity contribution in [1.82, 2.24) is 9.80 Å². The van der Waals surface area contributed by atoms with Gasteiger partial charge in [0.25, 0.3) is 5.91 Å². The van der Waals surface area contributed by atoms with Crippen LogP contribution in [0.25, 0.3) is 0 Å². The molecule has 0 saturated carbocycles. The van der Waals surface area contributed by atoms with Crippen molar-refractivity contribution in [2.75, 3.05) is 47.5 Å². The number of benzene rings is 1. The summed E-state index contributed by atoms with van der Waals surface area (Å²) >= 11 is 0. The number of carbonyl (C=O) groups excluding carboxylic acids is 1. The van der Waals surface area contributed by atoms with Gasteiger partial charge in [-0.15, -0.1) is 12.4 Å². The van der Waals surface area contributed by atoms with Crippen LogP contribution in [0, 0.1) is 0 Å². The molecule has 2 aliphatic heterocycles. The number of halogens is 1. The van der Waals surface area contributed by atoms with Crippen molar-refractivity contribution >= 4 is 18.3 Å². The maximum Gasteiger partial charge on any atom is 0.254 e. The summed E-state index contributed by atoms with van der Waals surface area (Å²) in [5.74, 6) is 1.62. The van der Waals surface area contributed by atoms with E-state index in [0.717, 1.165) is 32.4 Å². The van der Waals surface area contributed by atoms with E-state index in [4.69, 9.17) is 14.2 Å². The molecule has 0 N–H and O–H groups in total. The number of methoxy groups -OCH3 is 3. The van der Waals surface area contributed by atoms with E-state index >= 15 is 0 Å². The number of likely N-dealkylation sites (tertiary alicyclic amines) is 2. The summed E-state index contributed by atoms with van der Waals surface area (Å²) < 4.78 is 16.3. The number of amides is 1. The van der Waals surface area contributed by atoms with Crippen LogP contribution in [-0.4, -0.2) is 69.3 Å². The van der Waals surface area contributed by atoms with E-state index in [-0.39, 0.29) is 18.3 Å². The van der Waals surface area contributed by atoms with Gasteiger partial charge in [0.1, 0.15) is 0 Å². The summed E-state index contributed by atoms with van der Waals surface area (Å²) in [5, 5.41) is 0. The Labute approximate surface area is 187 Å². The van der Waals surface area contributed by atoms with Gasteiger partial charge in [-0.25, -0.2) is 0 Å².